The summed E-state index contributed by atoms with van der Waals surface area (Å²) in [5.41, 5.74) is 1.94. The summed E-state index contributed by atoms with van der Waals surface area (Å²) in [6.07, 6.45) is 3.01. The van der Waals surface area contributed by atoms with E-state index in [0.29, 0.717) is 18.9 Å². The summed E-state index contributed by atoms with van der Waals surface area (Å²) in [6, 6.07) is 8.02. The van der Waals surface area contributed by atoms with Crippen LogP contribution in [-0.4, -0.2) is 74.1 Å². The summed E-state index contributed by atoms with van der Waals surface area (Å²) in [7, 11) is 0. The quantitative estimate of drug-likeness (QED) is 0.314. The number of nitrogens with one attached hydrogen (secondary N) is 2. The molecule has 3 rings (SSSR count). The molecule has 0 aliphatic carbocycles. The van der Waals surface area contributed by atoms with Crippen LogP contribution >= 0.6 is 24.0 Å². The maximum absolute atomic E-state index is 12.3. The van der Waals surface area contributed by atoms with E-state index in [4.69, 9.17) is 9.73 Å². The number of nitrogens with zero attached hydrogens (tertiary/aromatic N) is 3. The second-order valence-electron chi connectivity index (χ2n) is 8.32. The number of morpholine rings is 1. The Morgan fingerprint density at radius 1 is 1.26 bits per heavy atom. The number of carbonyl (C=O) groups excluding carboxylic acids is 1. The predicted molar refractivity (Wildman–Crippen MR) is 137 cm³/mol. The Kier molecular flexibility index (Phi) is 11.6. The van der Waals surface area contributed by atoms with Gasteiger partial charge in [-0.2, -0.15) is 0 Å². The van der Waals surface area contributed by atoms with Crippen molar-refractivity contribution in [3.05, 3.63) is 29.8 Å². The Balaban J connectivity index is 0.00000341. The fourth-order valence-electron chi connectivity index (χ4n) is 4.03. The van der Waals surface area contributed by atoms with Crippen molar-refractivity contribution in [3.63, 3.8) is 0 Å². The standard InChI is InChI=1S/C23H37N5O2.HI/c1-3-24-23(28-10-5-6-19(2)18-28)25-17-20-7-4-8-21(16-20)26-22(29)9-11-27-12-14-30-15-13-27;/h4,7-8,16,19H,3,5-6,9-15,17-18H2,1-2H3,(H,24,25)(H,26,29);1H. The van der Waals surface area contributed by atoms with Gasteiger partial charge in [-0.3, -0.25) is 9.69 Å². The van der Waals surface area contributed by atoms with Crippen LogP contribution in [0.2, 0.25) is 0 Å². The molecule has 0 saturated carbocycles. The van der Waals surface area contributed by atoms with Gasteiger partial charge < -0.3 is 20.3 Å². The van der Waals surface area contributed by atoms with Crippen LogP contribution in [0.25, 0.3) is 0 Å². The van der Waals surface area contributed by atoms with Crippen molar-refractivity contribution in [1.29, 1.82) is 0 Å². The average molecular weight is 543 g/mol. The Morgan fingerprint density at radius 3 is 2.81 bits per heavy atom. The Hall–Kier alpha value is -1.39. The first-order chi connectivity index (χ1) is 14.6. The lowest BCUT2D eigenvalue weighted by atomic mass is 10.0. The number of halogens is 1. The second-order valence-corrected chi connectivity index (χ2v) is 8.32. The van der Waals surface area contributed by atoms with Gasteiger partial charge in [-0.05, 0) is 43.4 Å². The molecule has 0 aromatic heterocycles. The molecule has 2 N–H and O–H groups in total. The molecular weight excluding hydrogens is 505 g/mol. The molecule has 1 amide bonds. The van der Waals surface area contributed by atoms with Crippen molar-refractivity contribution in [3.8, 4) is 0 Å². The van der Waals surface area contributed by atoms with E-state index in [1.165, 1.54) is 12.8 Å². The molecule has 2 aliphatic heterocycles. The van der Waals surface area contributed by atoms with Gasteiger partial charge in [-0.1, -0.05) is 19.1 Å². The van der Waals surface area contributed by atoms with Crippen molar-refractivity contribution < 1.29 is 9.53 Å². The lowest BCUT2D eigenvalue weighted by molar-refractivity contribution is -0.116. The van der Waals surface area contributed by atoms with Gasteiger partial charge in [-0.25, -0.2) is 4.99 Å². The SMILES string of the molecule is CCNC(=NCc1cccc(NC(=O)CCN2CCOCC2)c1)N1CCCC(C)C1.I. The van der Waals surface area contributed by atoms with Crippen LogP contribution in [0, 0.1) is 5.92 Å². The lowest BCUT2D eigenvalue weighted by Gasteiger charge is -2.33. The zero-order valence-electron chi connectivity index (χ0n) is 18.9. The minimum absolute atomic E-state index is 0. The van der Waals surface area contributed by atoms with Gasteiger partial charge in [0.15, 0.2) is 5.96 Å². The average Bonchev–Trinajstić information content (AvgIpc) is 2.76. The fraction of sp³-hybridized carbons (Fsp3) is 0.652. The van der Waals surface area contributed by atoms with E-state index >= 15 is 0 Å². The number of anilines is 1. The summed E-state index contributed by atoms with van der Waals surface area (Å²) in [6.45, 7) is 12.1. The zero-order chi connectivity index (χ0) is 21.2. The van der Waals surface area contributed by atoms with Crippen LogP contribution in [0.3, 0.4) is 0 Å². The molecule has 2 fully saturated rings. The van der Waals surface area contributed by atoms with Gasteiger partial charge in [0.05, 0.1) is 19.8 Å². The molecule has 0 spiro atoms. The van der Waals surface area contributed by atoms with E-state index in [-0.39, 0.29) is 29.9 Å². The number of benzene rings is 1. The molecule has 2 heterocycles. The first-order valence-corrected chi connectivity index (χ1v) is 11.4. The molecule has 31 heavy (non-hydrogen) atoms. The van der Waals surface area contributed by atoms with E-state index in [1.807, 2.05) is 18.2 Å². The molecule has 1 atom stereocenters. The molecule has 1 aromatic carbocycles. The monoisotopic (exact) mass is 543 g/mol. The van der Waals surface area contributed by atoms with Gasteiger partial charge >= 0.3 is 0 Å². The molecular formula is C23H38IN5O2. The van der Waals surface area contributed by atoms with E-state index < -0.39 is 0 Å². The molecule has 8 heteroatoms. The zero-order valence-corrected chi connectivity index (χ0v) is 21.3. The van der Waals surface area contributed by atoms with Gasteiger partial charge in [0.2, 0.25) is 5.91 Å². The van der Waals surface area contributed by atoms with Gasteiger partial charge in [0, 0.05) is 51.4 Å². The van der Waals surface area contributed by atoms with Crippen LogP contribution in [0.1, 0.15) is 38.7 Å². The van der Waals surface area contributed by atoms with Crippen molar-refractivity contribution in [1.82, 2.24) is 15.1 Å². The highest BCUT2D eigenvalue weighted by molar-refractivity contribution is 14.0. The summed E-state index contributed by atoms with van der Waals surface area (Å²) < 4.78 is 5.35. The highest BCUT2D eigenvalue weighted by atomic mass is 127. The van der Waals surface area contributed by atoms with Gasteiger partial charge in [-0.15, -0.1) is 24.0 Å². The molecule has 2 aliphatic rings. The number of rotatable bonds is 7. The van der Waals surface area contributed by atoms with Crippen LogP contribution in [0.15, 0.2) is 29.3 Å². The number of guanidine groups is 1. The van der Waals surface area contributed by atoms with Gasteiger partial charge in [0.1, 0.15) is 0 Å². The largest absolute Gasteiger partial charge is 0.379 e. The third-order valence-corrected chi connectivity index (χ3v) is 5.67. The van der Waals surface area contributed by atoms with Crippen LogP contribution in [0.5, 0.6) is 0 Å². The van der Waals surface area contributed by atoms with Crippen molar-refractivity contribution in [2.24, 2.45) is 10.9 Å². The number of amides is 1. The molecule has 174 valence electrons. The third kappa shape index (κ3) is 8.94. The molecule has 0 bridgehead atoms. The first kappa shape index (κ1) is 25.9. The second kappa shape index (κ2) is 13.9. The number of piperidine rings is 1. The highest BCUT2D eigenvalue weighted by Crippen LogP contribution is 2.16. The van der Waals surface area contributed by atoms with Crippen molar-refractivity contribution in [2.45, 2.75) is 39.7 Å². The smallest absolute Gasteiger partial charge is 0.225 e. The summed E-state index contributed by atoms with van der Waals surface area (Å²) in [5, 5.41) is 6.46. The van der Waals surface area contributed by atoms with Crippen molar-refractivity contribution in [2.75, 3.05) is 57.8 Å². The number of aliphatic imine (C=N–C) groups is 1. The molecule has 1 aromatic rings. The first-order valence-electron chi connectivity index (χ1n) is 11.4. The maximum atomic E-state index is 12.3. The minimum Gasteiger partial charge on any atom is -0.379 e. The molecule has 1 unspecified atom stereocenters. The fourth-order valence-corrected chi connectivity index (χ4v) is 4.03. The third-order valence-electron chi connectivity index (χ3n) is 5.67. The van der Waals surface area contributed by atoms with E-state index in [2.05, 4.69) is 40.3 Å². The van der Waals surface area contributed by atoms with E-state index in [9.17, 15) is 4.79 Å². The van der Waals surface area contributed by atoms with Crippen LogP contribution in [0.4, 0.5) is 5.69 Å². The molecule has 0 radical (unpaired) electrons. The number of likely N-dealkylation sites (tertiary alicyclic amines) is 1. The Labute approximate surface area is 204 Å². The topological polar surface area (TPSA) is 69.2 Å². The minimum atomic E-state index is 0. The molecule has 7 nitrogen and oxygen atoms in total. The number of hydrogen-bond acceptors (Lipinski definition) is 4. The van der Waals surface area contributed by atoms with E-state index in [1.54, 1.807) is 0 Å². The molecule has 2 saturated heterocycles. The lowest BCUT2D eigenvalue weighted by Crippen LogP contribution is -2.46. The number of ether oxygens (including phenoxy) is 1. The predicted octanol–water partition coefficient (Wildman–Crippen LogP) is 3.16. The Bertz CT molecular complexity index is 709. The highest BCUT2D eigenvalue weighted by Gasteiger charge is 2.19. The Morgan fingerprint density at radius 2 is 2.06 bits per heavy atom. The van der Waals surface area contributed by atoms with Crippen molar-refractivity contribution >= 4 is 41.5 Å². The summed E-state index contributed by atoms with van der Waals surface area (Å²) in [4.78, 5) is 21.8. The maximum Gasteiger partial charge on any atom is 0.225 e. The number of hydrogen-bond donors (Lipinski definition) is 2. The van der Waals surface area contributed by atoms with Crippen LogP contribution in [-0.2, 0) is 16.1 Å². The number of carbonyl (C=O) groups is 1. The van der Waals surface area contributed by atoms with E-state index in [0.717, 1.165) is 69.7 Å². The summed E-state index contributed by atoms with van der Waals surface area (Å²) >= 11 is 0. The normalized spacial score (nSPS) is 20.1. The van der Waals surface area contributed by atoms with Crippen LogP contribution < -0.4 is 10.6 Å². The summed E-state index contributed by atoms with van der Waals surface area (Å²) in [5.74, 6) is 1.75. The van der Waals surface area contributed by atoms with Gasteiger partial charge in [0.25, 0.3) is 0 Å².